The summed E-state index contributed by atoms with van der Waals surface area (Å²) in [6.45, 7) is 4.53. The Kier molecular flexibility index (Phi) is 8.39. The molecule has 0 atom stereocenters. The normalized spacial score (nSPS) is 14.4. The van der Waals surface area contributed by atoms with Gasteiger partial charge in [0.05, 0.1) is 28.4 Å². The van der Waals surface area contributed by atoms with Crippen LogP contribution < -0.4 is 23.8 Å². The second-order valence-corrected chi connectivity index (χ2v) is 7.54. The van der Waals surface area contributed by atoms with Crippen molar-refractivity contribution >= 4 is 17.5 Å². The quantitative estimate of drug-likeness (QED) is 0.524. The second kappa shape index (κ2) is 11.4. The fourth-order valence-corrected chi connectivity index (χ4v) is 3.76. The van der Waals surface area contributed by atoms with Crippen molar-refractivity contribution in [3.8, 4) is 23.0 Å². The minimum atomic E-state index is 0.0938. The highest BCUT2D eigenvalue weighted by atomic mass is 16.5. The fraction of sp³-hybridized carbons (Fsp3) is 0.400. The molecule has 7 heteroatoms. The number of nitrogens with zero attached hydrogens (tertiary/aromatic N) is 2. The zero-order valence-corrected chi connectivity index (χ0v) is 19.3. The van der Waals surface area contributed by atoms with Crippen molar-refractivity contribution in [1.82, 2.24) is 4.90 Å². The zero-order valence-electron chi connectivity index (χ0n) is 19.3. The number of allylic oxidation sites excluding steroid dienone is 1. The topological polar surface area (TPSA) is 60.5 Å². The Labute approximate surface area is 190 Å². The molecule has 32 heavy (non-hydrogen) atoms. The standard InChI is InChI=1S/C25H32N2O5/c1-29-22-9-6-20(7-10-22)27-15-13-26(14-16-27)12-11-21(28)8-5-19-17-23(30-2)25(32-4)24(18-19)31-3/h5-10,17-18H,11-16H2,1-4H3/b8-5+. The van der Waals surface area contributed by atoms with Crippen LogP contribution in [0.25, 0.3) is 6.08 Å². The van der Waals surface area contributed by atoms with E-state index in [0.29, 0.717) is 23.7 Å². The zero-order chi connectivity index (χ0) is 22.9. The summed E-state index contributed by atoms with van der Waals surface area (Å²) in [4.78, 5) is 17.1. The van der Waals surface area contributed by atoms with Crippen molar-refractivity contribution in [3.63, 3.8) is 0 Å². The average molecular weight is 441 g/mol. The van der Waals surface area contributed by atoms with E-state index in [9.17, 15) is 4.79 Å². The highest BCUT2D eigenvalue weighted by Gasteiger charge is 2.17. The minimum Gasteiger partial charge on any atom is -0.497 e. The summed E-state index contributed by atoms with van der Waals surface area (Å²) in [5, 5.41) is 0. The summed E-state index contributed by atoms with van der Waals surface area (Å²) in [6.07, 6.45) is 3.90. The first-order chi connectivity index (χ1) is 15.6. The molecule has 0 radical (unpaired) electrons. The molecule has 172 valence electrons. The molecule has 2 aromatic rings. The molecular formula is C25H32N2O5. The van der Waals surface area contributed by atoms with E-state index in [0.717, 1.165) is 44.0 Å². The van der Waals surface area contributed by atoms with Crippen LogP contribution >= 0.6 is 0 Å². The van der Waals surface area contributed by atoms with E-state index < -0.39 is 0 Å². The van der Waals surface area contributed by atoms with Gasteiger partial charge < -0.3 is 23.8 Å². The average Bonchev–Trinajstić information content (AvgIpc) is 2.85. The Morgan fingerprint density at radius 2 is 1.50 bits per heavy atom. The number of benzene rings is 2. The summed E-state index contributed by atoms with van der Waals surface area (Å²) in [5.74, 6) is 2.62. The number of piperazine rings is 1. The highest BCUT2D eigenvalue weighted by Crippen LogP contribution is 2.38. The van der Waals surface area contributed by atoms with Gasteiger partial charge in [-0.2, -0.15) is 0 Å². The Morgan fingerprint density at radius 1 is 0.875 bits per heavy atom. The second-order valence-electron chi connectivity index (χ2n) is 7.54. The highest BCUT2D eigenvalue weighted by molar-refractivity contribution is 5.93. The van der Waals surface area contributed by atoms with Gasteiger partial charge >= 0.3 is 0 Å². The summed E-state index contributed by atoms with van der Waals surface area (Å²) >= 11 is 0. The van der Waals surface area contributed by atoms with E-state index in [4.69, 9.17) is 18.9 Å². The molecule has 0 N–H and O–H groups in total. The minimum absolute atomic E-state index is 0.0938. The fourth-order valence-electron chi connectivity index (χ4n) is 3.76. The lowest BCUT2D eigenvalue weighted by Crippen LogP contribution is -2.46. The molecule has 1 saturated heterocycles. The third-order valence-electron chi connectivity index (χ3n) is 5.63. The first-order valence-electron chi connectivity index (χ1n) is 10.7. The largest absolute Gasteiger partial charge is 0.497 e. The monoisotopic (exact) mass is 440 g/mol. The number of ketones is 1. The van der Waals surface area contributed by atoms with Crippen LogP contribution in [-0.4, -0.2) is 71.8 Å². The van der Waals surface area contributed by atoms with Gasteiger partial charge in [-0.3, -0.25) is 9.69 Å². The molecule has 0 spiro atoms. The number of hydrogen-bond acceptors (Lipinski definition) is 7. The van der Waals surface area contributed by atoms with Crippen molar-refractivity contribution in [2.75, 3.05) is 66.1 Å². The van der Waals surface area contributed by atoms with Crippen LogP contribution in [0.1, 0.15) is 12.0 Å². The first kappa shape index (κ1) is 23.5. The van der Waals surface area contributed by atoms with Crippen LogP contribution in [0.3, 0.4) is 0 Å². The van der Waals surface area contributed by atoms with Crippen molar-refractivity contribution in [2.45, 2.75) is 6.42 Å². The van der Waals surface area contributed by atoms with E-state index >= 15 is 0 Å². The Bertz CT molecular complexity index is 893. The van der Waals surface area contributed by atoms with Crippen molar-refractivity contribution < 1.29 is 23.7 Å². The van der Waals surface area contributed by atoms with E-state index in [1.807, 2.05) is 24.3 Å². The number of methoxy groups -OCH3 is 4. The van der Waals surface area contributed by atoms with Crippen LogP contribution in [0.4, 0.5) is 5.69 Å². The molecule has 0 unspecified atom stereocenters. The first-order valence-corrected chi connectivity index (χ1v) is 10.7. The van der Waals surface area contributed by atoms with Crippen LogP contribution in [0.2, 0.25) is 0 Å². The molecule has 0 aromatic heterocycles. The summed E-state index contributed by atoms with van der Waals surface area (Å²) in [7, 11) is 6.39. The van der Waals surface area contributed by atoms with Gasteiger partial charge in [0.1, 0.15) is 5.75 Å². The van der Waals surface area contributed by atoms with Crippen molar-refractivity contribution in [1.29, 1.82) is 0 Å². The van der Waals surface area contributed by atoms with Crippen LogP contribution in [0.5, 0.6) is 23.0 Å². The van der Waals surface area contributed by atoms with E-state index in [2.05, 4.69) is 21.9 Å². The van der Waals surface area contributed by atoms with Gasteiger partial charge in [-0.25, -0.2) is 0 Å². The number of hydrogen-bond donors (Lipinski definition) is 0. The Morgan fingerprint density at radius 3 is 2.03 bits per heavy atom. The molecule has 1 heterocycles. The molecule has 0 amide bonds. The lowest BCUT2D eigenvalue weighted by Gasteiger charge is -2.36. The number of carbonyl (C=O) groups excluding carboxylic acids is 1. The van der Waals surface area contributed by atoms with Gasteiger partial charge in [-0.05, 0) is 48.0 Å². The van der Waals surface area contributed by atoms with Crippen molar-refractivity contribution in [3.05, 3.63) is 48.0 Å². The number of ether oxygens (including phenoxy) is 4. The summed E-state index contributed by atoms with van der Waals surface area (Å²) in [6, 6.07) is 11.8. The van der Waals surface area contributed by atoms with Gasteiger partial charge in [-0.15, -0.1) is 0 Å². The summed E-state index contributed by atoms with van der Waals surface area (Å²) in [5.41, 5.74) is 2.02. The molecule has 1 aliphatic heterocycles. The van der Waals surface area contributed by atoms with Crippen molar-refractivity contribution in [2.24, 2.45) is 0 Å². The molecule has 0 bridgehead atoms. The molecule has 1 fully saturated rings. The Hall–Kier alpha value is -3.19. The Balaban J connectivity index is 1.48. The van der Waals surface area contributed by atoms with Crippen LogP contribution in [0, 0.1) is 0 Å². The van der Waals surface area contributed by atoms with Gasteiger partial charge in [0.2, 0.25) is 5.75 Å². The number of anilines is 1. The van der Waals surface area contributed by atoms with E-state index in [1.165, 1.54) is 5.69 Å². The molecule has 1 aliphatic rings. The smallest absolute Gasteiger partial charge is 0.203 e. The molecular weight excluding hydrogens is 408 g/mol. The van der Waals surface area contributed by atoms with Gasteiger partial charge in [0.15, 0.2) is 17.3 Å². The van der Waals surface area contributed by atoms with Gasteiger partial charge in [-0.1, -0.05) is 6.08 Å². The predicted octanol–water partition coefficient (Wildman–Crippen LogP) is 3.52. The predicted molar refractivity (Wildman–Crippen MR) is 126 cm³/mol. The number of rotatable bonds is 10. The third kappa shape index (κ3) is 5.95. The number of carbonyl (C=O) groups is 1. The SMILES string of the molecule is COc1ccc(N2CCN(CCC(=O)/C=C/c3cc(OC)c(OC)c(OC)c3)CC2)cc1. The maximum Gasteiger partial charge on any atom is 0.203 e. The van der Waals surface area contributed by atoms with E-state index in [-0.39, 0.29) is 5.78 Å². The maximum atomic E-state index is 12.4. The lowest BCUT2D eigenvalue weighted by molar-refractivity contribution is -0.114. The molecule has 3 rings (SSSR count). The van der Waals surface area contributed by atoms with Crippen LogP contribution in [0.15, 0.2) is 42.5 Å². The lowest BCUT2D eigenvalue weighted by atomic mass is 10.1. The molecule has 7 nitrogen and oxygen atoms in total. The molecule has 2 aromatic carbocycles. The summed E-state index contributed by atoms with van der Waals surface area (Å²) < 4.78 is 21.3. The van der Waals surface area contributed by atoms with Crippen LogP contribution in [-0.2, 0) is 4.79 Å². The van der Waals surface area contributed by atoms with Gasteiger partial charge in [0.25, 0.3) is 0 Å². The van der Waals surface area contributed by atoms with E-state index in [1.54, 1.807) is 40.6 Å². The molecule has 0 aliphatic carbocycles. The third-order valence-corrected chi connectivity index (χ3v) is 5.63. The maximum absolute atomic E-state index is 12.4. The molecule has 0 saturated carbocycles. The van der Waals surface area contributed by atoms with Gasteiger partial charge in [0, 0.05) is 44.8 Å².